The molecule has 0 fully saturated rings. The normalized spacial score (nSPS) is 11.7. The van der Waals surface area contributed by atoms with Gasteiger partial charge in [-0.25, -0.2) is 17.5 Å². The van der Waals surface area contributed by atoms with E-state index in [-0.39, 0.29) is 10.6 Å². The quantitative estimate of drug-likeness (QED) is 0.594. The van der Waals surface area contributed by atoms with E-state index < -0.39 is 15.8 Å². The molecule has 0 unspecified atom stereocenters. The van der Waals surface area contributed by atoms with Gasteiger partial charge in [0.2, 0.25) is 10.0 Å². The summed E-state index contributed by atoms with van der Waals surface area (Å²) in [7, 11) is -3.78. The summed E-state index contributed by atoms with van der Waals surface area (Å²) >= 11 is 1.73. The molecule has 0 heterocycles. The van der Waals surface area contributed by atoms with Gasteiger partial charge < -0.3 is 5.73 Å². The van der Waals surface area contributed by atoms with Gasteiger partial charge in [-0.2, -0.15) is 11.8 Å². The molecule has 1 rings (SSSR count). The average molecular weight is 292 g/mol. The van der Waals surface area contributed by atoms with Crippen LogP contribution in [-0.4, -0.2) is 26.5 Å². The summed E-state index contributed by atoms with van der Waals surface area (Å²) in [6, 6.07) is 3.54. The largest absolute Gasteiger partial charge is 0.399 e. The van der Waals surface area contributed by atoms with Crippen molar-refractivity contribution < 1.29 is 12.8 Å². The molecule has 0 amide bonds. The van der Waals surface area contributed by atoms with Gasteiger partial charge >= 0.3 is 0 Å². The second-order valence-corrected chi connectivity index (χ2v) is 6.77. The fourth-order valence-electron chi connectivity index (χ4n) is 1.34. The van der Waals surface area contributed by atoms with E-state index in [2.05, 4.69) is 4.72 Å². The predicted molar refractivity (Wildman–Crippen MR) is 73.6 cm³/mol. The molecule has 0 atom stereocenters. The van der Waals surface area contributed by atoms with Gasteiger partial charge in [0, 0.05) is 12.2 Å². The summed E-state index contributed by atoms with van der Waals surface area (Å²) in [5.41, 5.74) is 5.57. The van der Waals surface area contributed by atoms with Crippen LogP contribution in [0, 0.1) is 5.82 Å². The topological polar surface area (TPSA) is 72.2 Å². The number of hydrogen-bond donors (Lipinski definition) is 2. The molecule has 0 bridgehead atoms. The first-order valence-corrected chi connectivity index (χ1v) is 8.23. The number of hydrogen-bond acceptors (Lipinski definition) is 4. The Bertz CT molecular complexity index is 492. The molecule has 0 saturated heterocycles. The van der Waals surface area contributed by atoms with Crippen molar-refractivity contribution in [1.29, 1.82) is 0 Å². The Labute approximate surface area is 111 Å². The zero-order valence-corrected chi connectivity index (χ0v) is 11.8. The minimum atomic E-state index is -3.78. The molecule has 0 aliphatic rings. The molecule has 0 aromatic heterocycles. The number of halogens is 1. The summed E-state index contributed by atoms with van der Waals surface area (Å²) < 4.78 is 39.4. The highest BCUT2D eigenvalue weighted by Gasteiger charge is 2.18. The van der Waals surface area contributed by atoms with Crippen LogP contribution in [0.2, 0.25) is 0 Å². The van der Waals surface area contributed by atoms with Gasteiger partial charge in [-0.05, 0) is 36.1 Å². The highest BCUT2D eigenvalue weighted by Crippen LogP contribution is 2.16. The molecule has 0 aliphatic heterocycles. The van der Waals surface area contributed by atoms with Crippen molar-refractivity contribution in [1.82, 2.24) is 4.72 Å². The summed E-state index contributed by atoms with van der Waals surface area (Å²) in [4.78, 5) is -0.361. The molecule has 0 spiro atoms. The van der Waals surface area contributed by atoms with Crippen LogP contribution in [0.4, 0.5) is 10.1 Å². The van der Waals surface area contributed by atoms with Crippen LogP contribution in [0.15, 0.2) is 23.1 Å². The Morgan fingerprint density at radius 1 is 1.44 bits per heavy atom. The van der Waals surface area contributed by atoms with Gasteiger partial charge in [0.1, 0.15) is 10.7 Å². The summed E-state index contributed by atoms with van der Waals surface area (Å²) in [5, 5.41) is 0. The third-order valence-corrected chi connectivity index (χ3v) is 4.69. The summed E-state index contributed by atoms with van der Waals surface area (Å²) in [6.45, 7) is 2.34. The molecule has 7 heteroatoms. The third-order valence-electron chi connectivity index (χ3n) is 2.21. The molecule has 18 heavy (non-hydrogen) atoms. The first kappa shape index (κ1) is 15.3. The Kier molecular flexibility index (Phi) is 5.90. The lowest BCUT2D eigenvalue weighted by Crippen LogP contribution is -2.26. The lowest BCUT2D eigenvalue weighted by atomic mass is 10.3. The number of nitrogen functional groups attached to an aromatic ring is 1. The van der Waals surface area contributed by atoms with Crippen molar-refractivity contribution in [2.45, 2.75) is 18.2 Å². The van der Waals surface area contributed by atoms with Crippen LogP contribution < -0.4 is 10.5 Å². The second-order valence-electron chi connectivity index (χ2n) is 3.64. The lowest BCUT2D eigenvalue weighted by molar-refractivity contribution is 0.557. The highest BCUT2D eigenvalue weighted by atomic mass is 32.2. The van der Waals surface area contributed by atoms with E-state index in [0.29, 0.717) is 13.0 Å². The van der Waals surface area contributed by atoms with Crippen LogP contribution in [-0.2, 0) is 10.0 Å². The molecule has 4 nitrogen and oxygen atoms in total. The van der Waals surface area contributed by atoms with E-state index in [9.17, 15) is 12.8 Å². The molecule has 102 valence electrons. The maximum Gasteiger partial charge on any atom is 0.243 e. The number of benzene rings is 1. The maximum atomic E-state index is 13.5. The molecule has 1 aromatic rings. The van der Waals surface area contributed by atoms with Crippen LogP contribution in [0.25, 0.3) is 0 Å². The maximum absolute atomic E-state index is 13.5. The number of nitrogens with two attached hydrogens (primary N) is 1. The van der Waals surface area contributed by atoms with Crippen LogP contribution >= 0.6 is 11.8 Å². The monoisotopic (exact) mass is 292 g/mol. The minimum absolute atomic E-state index is 0.200. The first-order chi connectivity index (χ1) is 8.47. The van der Waals surface area contributed by atoms with Crippen LogP contribution in [0.5, 0.6) is 0 Å². The van der Waals surface area contributed by atoms with E-state index in [0.717, 1.165) is 17.6 Å². The van der Waals surface area contributed by atoms with Gasteiger partial charge in [0.05, 0.1) is 0 Å². The Balaban J connectivity index is 2.63. The molecule has 1 aromatic carbocycles. The Morgan fingerprint density at radius 2 is 2.17 bits per heavy atom. The fraction of sp³-hybridized carbons (Fsp3) is 0.455. The van der Waals surface area contributed by atoms with Crippen molar-refractivity contribution in [3.63, 3.8) is 0 Å². The smallest absolute Gasteiger partial charge is 0.243 e. The average Bonchev–Trinajstić information content (AvgIpc) is 2.28. The van der Waals surface area contributed by atoms with Crippen molar-refractivity contribution in [2.75, 3.05) is 23.8 Å². The van der Waals surface area contributed by atoms with Crippen LogP contribution in [0.1, 0.15) is 13.3 Å². The van der Waals surface area contributed by atoms with Crippen molar-refractivity contribution in [2.24, 2.45) is 0 Å². The SMILES string of the molecule is CCSCCCNS(=O)(=O)c1ccc(N)cc1F. The zero-order chi connectivity index (χ0) is 13.6. The molecular formula is C11H17FN2O2S2. The molecule has 0 aliphatic carbocycles. The first-order valence-electron chi connectivity index (χ1n) is 5.60. The van der Waals surface area contributed by atoms with E-state index in [1.165, 1.54) is 12.1 Å². The zero-order valence-electron chi connectivity index (χ0n) is 10.1. The number of thioether (sulfide) groups is 1. The molecule has 0 radical (unpaired) electrons. The van der Waals surface area contributed by atoms with E-state index in [1.807, 2.05) is 6.92 Å². The Morgan fingerprint density at radius 3 is 2.78 bits per heavy atom. The van der Waals surface area contributed by atoms with Crippen molar-refractivity contribution >= 4 is 27.5 Å². The number of anilines is 1. The third kappa shape index (κ3) is 4.47. The second kappa shape index (κ2) is 6.96. The number of sulfonamides is 1. The minimum Gasteiger partial charge on any atom is -0.399 e. The van der Waals surface area contributed by atoms with Crippen molar-refractivity contribution in [3.05, 3.63) is 24.0 Å². The van der Waals surface area contributed by atoms with Gasteiger partial charge in [-0.1, -0.05) is 6.92 Å². The van der Waals surface area contributed by atoms with Gasteiger partial charge in [0.25, 0.3) is 0 Å². The van der Waals surface area contributed by atoms with Crippen LogP contribution in [0.3, 0.4) is 0 Å². The highest BCUT2D eigenvalue weighted by molar-refractivity contribution is 7.99. The summed E-state index contributed by atoms with van der Waals surface area (Å²) in [5.74, 6) is 1.05. The van der Waals surface area contributed by atoms with Crippen molar-refractivity contribution in [3.8, 4) is 0 Å². The molecule has 3 N–H and O–H groups in total. The fourth-order valence-corrected chi connectivity index (χ4v) is 3.11. The lowest BCUT2D eigenvalue weighted by Gasteiger charge is -2.07. The molecule has 0 saturated carbocycles. The van der Waals surface area contributed by atoms with Gasteiger partial charge in [-0.15, -0.1) is 0 Å². The van der Waals surface area contributed by atoms with E-state index in [4.69, 9.17) is 5.73 Å². The number of rotatable bonds is 7. The van der Waals surface area contributed by atoms with Gasteiger partial charge in [-0.3, -0.25) is 0 Å². The standard InChI is InChI=1S/C11H17FN2O2S2/c1-2-17-7-3-6-14-18(15,16)11-5-4-9(13)8-10(11)12/h4-5,8,14H,2-3,6-7,13H2,1H3. The van der Waals surface area contributed by atoms with Gasteiger partial charge in [0.15, 0.2) is 0 Å². The van der Waals surface area contributed by atoms with E-state index >= 15 is 0 Å². The summed E-state index contributed by atoms with van der Waals surface area (Å²) in [6.07, 6.45) is 0.717. The Hall–Kier alpha value is -0.790. The number of nitrogens with one attached hydrogen (secondary N) is 1. The van der Waals surface area contributed by atoms with E-state index in [1.54, 1.807) is 11.8 Å². The predicted octanol–water partition coefficient (Wildman–Crippen LogP) is 1.83. The molecular weight excluding hydrogens is 275 g/mol.